The average Bonchev–Trinajstić information content (AvgIpc) is 3.12. The van der Waals surface area contributed by atoms with E-state index in [1.54, 1.807) is 24.4 Å². The van der Waals surface area contributed by atoms with Crippen molar-refractivity contribution in [3.05, 3.63) is 77.5 Å². The lowest BCUT2D eigenvalue weighted by molar-refractivity contribution is -0.355. The first kappa shape index (κ1) is 19.4. The third-order valence-corrected chi connectivity index (χ3v) is 4.78. The van der Waals surface area contributed by atoms with Gasteiger partial charge in [0, 0.05) is 24.7 Å². The van der Waals surface area contributed by atoms with Crippen molar-refractivity contribution in [2.45, 2.75) is 31.5 Å². The number of rotatable bonds is 5. The van der Waals surface area contributed by atoms with Gasteiger partial charge in [-0.2, -0.15) is 13.2 Å². The topological polar surface area (TPSA) is 66.7 Å². The number of oxime groups is 1. The van der Waals surface area contributed by atoms with Gasteiger partial charge in [0.1, 0.15) is 0 Å². The maximum atomic E-state index is 12.9. The third kappa shape index (κ3) is 3.94. The van der Waals surface area contributed by atoms with Gasteiger partial charge in [0.05, 0.1) is 17.6 Å². The number of pyridine rings is 1. The van der Waals surface area contributed by atoms with E-state index in [9.17, 15) is 18.3 Å². The van der Waals surface area contributed by atoms with Crippen LogP contribution in [-0.2, 0) is 17.9 Å². The van der Waals surface area contributed by atoms with Crippen molar-refractivity contribution in [2.75, 3.05) is 0 Å². The summed E-state index contributed by atoms with van der Waals surface area (Å²) in [5.41, 5.74) is 3.41. The van der Waals surface area contributed by atoms with E-state index in [2.05, 4.69) is 20.3 Å². The maximum absolute atomic E-state index is 12.9. The summed E-state index contributed by atoms with van der Waals surface area (Å²) in [7, 11) is 0. The molecule has 1 aliphatic rings. The normalized spacial score (nSPS) is 19.2. The number of para-hydroxylation sites is 1. The fourth-order valence-electron chi connectivity index (χ4n) is 3.24. The predicted octanol–water partition coefficient (Wildman–Crippen LogP) is 3.90. The lowest BCUT2D eigenvalue weighted by atomic mass is 10.0. The Morgan fingerprint density at radius 2 is 1.86 bits per heavy atom. The molecule has 0 fully saturated rings. The zero-order valence-electron chi connectivity index (χ0n) is 15.3. The standard InChI is InChI=1S/C21H18F3N3O2/c22-21(23,24)20(28)11-18(27-29-20)16-6-1-4-14(10-16)12-25-13-17-7-2-5-15-8-3-9-26-19(15)17/h1-10,25,28H,11-13H2. The quantitative estimate of drug-likeness (QED) is 0.681. The second kappa shape index (κ2) is 7.46. The fourth-order valence-corrected chi connectivity index (χ4v) is 3.24. The van der Waals surface area contributed by atoms with Crippen LogP contribution >= 0.6 is 0 Å². The van der Waals surface area contributed by atoms with Crippen LogP contribution in [0.5, 0.6) is 0 Å². The van der Waals surface area contributed by atoms with Crippen LogP contribution in [-0.4, -0.2) is 27.8 Å². The summed E-state index contributed by atoms with van der Waals surface area (Å²) < 4.78 is 38.7. The van der Waals surface area contributed by atoms with E-state index in [0.29, 0.717) is 18.7 Å². The highest BCUT2D eigenvalue weighted by Crippen LogP contribution is 2.38. The molecule has 1 unspecified atom stereocenters. The Bertz CT molecular complexity index is 1060. The number of alkyl halides is 3. The van der Waals surface area contributed by atoms with Crippen molar-refractivity contribution in [2.24, 2.45) is 5.16 Å². The number of halogens is 3. The van der Waals surface area contributed by atoms with Crippen LogP contribution in [0.4, 0.5) is 13.2 Å². The summed E-state index contributed by atoms with van der Waals surface area (Å²) in [5, 5.41) is 17.4. The molecule has 0 aliphatic carbocycles. The number of aromatic nitrogens is 1. The lowest BCUT2D eigenvalue weighted by Gasteiger charge is -2.22. The van der Waals surface area contributed by atoms with E-state index < -0.39 is 18.4 Å². The molecule has 5 nitrogen and oxygen atoms in total. The molecular formula is C21H18F3N3O2. The number of fused-ring (bicyclic) bond motifs is 1. The zero-order valence-corrected chi connectivity index (χ0v) is 15.3. The van der Waals surface area contributed by atoms with Gasteiger partial charge < -0.3 is 15.3 Å². The largest absolute Gasteiger partial charge is 0.458 e. The molecule has 0 saturated heterocycles. The van der Waals surface area contributed by atoms with Gasteiger partial charge in [0.15, 0.2) is 0 Å². The van der Waals surface area contributed by atoms with E-state index in [1.165, 1.54) is 0 Å². The molecular weight excluding hydrogens is 383 g/mol. The zero-order chi connectivity index (χ0) is 20.5. The molecule has 150 valence electrons. The third-order valence-electron chi connectivity index (χ3n) is 4.78. The highest BCUT2D eigenvalue weighted by Gasteiger charge is 2.60. The second-order valence-corrected chi connectivity index (χ2v) is 6.88. The van der Waals surface area contributed by atoms with Gasteiger partial charge >= 0.3 is 12.0 Å². The SMILES string of the molecule is OC1(C(F)(F)F)CC(c2cccc(CNCc3cccc4cccnc34)c2)=NO1. The van der Waals surface area contributed by atoms with Crippen LogP contribution in [0.2, 0.25) is 0 Å². The molecule has 0 spiro atoms. The Morgan fingerprint density at radius 3 is 2.66 bits per heavy atom. The van der Waals surface area contributed by atoms with Gasteiger partial charge in [-0.05, 0) is 28.8 Å². The molecule has 2 N–H and O–H groups in total. The van der Waals surface area contributed by atoms with E-state index >= 15 is 0 Å². The van der Waals surface area contributed by atoms with Crippen LogP contribution in [0, 0.1) is 0 Å². The maximum Gasteiger partial charge on any atom is 0.458 e. The summed E-state index contributed by atoms with van der Waals surface area (Å²) in [6.07, 6.45) is -3.90. The Morgan fingerprint density at radius 1 is 1.07 bits per heavy atom. The Balaban J connectivity index is 1.42. The summed E-state index contributed by atoms with van der Waals surface area (Å²) in [4.78, 5) is 8.71. The van der Waals surface area contributed by atoms with Crippen LogP contribution < -0.4 is 5.32 Å². The monoisotopic (exact) mass is 401 g/mol. The van der Waals surface area contributed by atoms with Crippen molar-refractivity contribution in [1.29, 1.82) is 0 Å². The molecule has 1 aromatic heterocycles. The smallest absolute Gasteiger partial charge is 0.350 e. The minimum atomic E-state index is -4.91. The van der Waals surface area contributed by atoms with Crippen LogP contribution in [0.25, 0.3) is 10.9 Å². The first-order chi connectivity index (χ1) is 13.9. The summed E-state index contributed by atoms with van der Waals surface area (Å²) in [5.74, 6) is -3.27. The Labute approximate surface area is 164 Å². The second-order valence-electron chi connectivity index (χ2n) is 6.88. The van der Waals surface area contributed by atoms with E-state index in [1.807, 2.05) is 36.4 Å². The molecule has 0 amide bonds. The Hall–Kier alpha value is -2.97. The molecule has 29 heavy (non-hydrogen) atoms. The summed E-state index contributed by atoms with van der Waals surface area (Å²) in [6.45, 7) is 1.10. The van der Waals surface area contributed by atoms with Crippen molar-refractivity contribution in [1.82, 2.24) is 10.3 Å². The highest BCUT2D eigenvalue weighted by atomic mass is 19.4. The van der Waals surface area contributed by atoms with E-state index in [4.69, 9.17) is 0 Å². The number of aliphatic hydroxyl groups is 1. The average molecular weight is 401 g/mol. The molecule has 1 aliphatic heterocycles. The van der Waals surface area contributed by atoms with Crippen molar-refractivity contribution in [3.63, 3.8) is 0 Å². The van der Waals surface area contributed by atoms with E-state index in [-0.39, 0.29) is 5.71 Å². The van der Waals surface area contributed by atoms with E-state index in [0.717, 1.165) is 22.0 Å². The van der Waals surface area contributed by atoms with Gasteiger partial charge in [-0.1, -0.05) is 47.6 Å². The minimum absolute atomic E-state index is 0.0601. The molecule has 0 radical (unpaired) electrons. The van der Waals surface area contributed by atoms with Crippen molar-refractivity contribution in [3.8, 4) is 0 Å². The number of hydrogen-bond donors (Lipinski definition) is 2. The summed E-state index contributed by atoms with van der Waals surface area (Å²) in [6, 6.07) is 16.8. The van der Waals surface area contributed by atoms with Crippen molar-refractivity contribution >= 4 is 16.6 Å². The molecule has 0 bridgehead atoms. The minimum Gasteiger partial charge on any atom is -0.350 e. The van der Waals surface area contributed by atoms with Gasteiger partial charge in [-0.3, -0.25) is 4.98 Å². The molecule has 8 heteroatoms. The number of hydrogen-bond acceptors (Lipinski definition) is 5. The molecule has 2 heterocycles. The van der Waals surface area contributed by atoms with Gasteiger partial charge in [0.2, 0.25) is 0 Å². The first-order valence-corrected chi connectivity index (χ1v) is 9.02. The van der Waals surface area contributed by atoms with Gasteiger partial charge in [-0.15, -0.1) is 0 Å². The molecule has 3 aromatic rings. The fraction of sp³-hybridized carbons (Fsp3) is 0.238. The first-order valence-electron chi connectivity index (χ1n) is 9.02. The summed E-state index contributed by atoms with van der Waals surface area (Å²) >= 11 is 0. The van der Waals surface area contributed by atoms with Crippen molar-refractivity contribution < 1.29 is 23.1 Å². The highest BCUT2D eigenvalue weighted by molar-refractivity contribution is 6.01. The van der Waals surface area contributed by atoms with Crippen LogP contribution in [0.15, 0.2) is 65.9 Å². The molecule has 1 atom stereocenters. The lowest BCUT2D eigenvalue weighted by Crippen LogP contribution is -2.45. The van der Waals surface area contributed by atoms with Gasteiger partial charge in [-0.25, -0.2) is 0 Å². The molecule has 2 aromatic carbocycles. The number of nitrogens with one attached hydrogen (secondary N) is 1. The number of benzene rings is 2. The number of nitrogens with zero attached hydrogens (tertiary/aromatic N) is 2. The molecule has 4 rings (SSSR count). The van der Waals surface area contributed by atoms with Crippen LogP contribution in [0.1, 0.15) is 23.1 Å². The predicted molar refractivity (Wildman–Crippen MR) is 102 cm³/mol. The molecule has 0 saturated carbocycles. The van der Waals surface area contributed by atoms with Crippen LogP contribution in [0.3, 0.4) is 0 Å². The Kier molecular flexibility index (Phi) is 4.97. The van der Waals surface area contributed by atoms with Gasteiger partial charge in [0.25, 0.3) is 0 Å².